The molecule has 0 aliphatic carbocycles. The van der Waals surface area contributed by atoms with Crippen LogP contribution >= 0.6 is 0 Å². The first-order valence-electron chi connectivity index (χ1n) is 10.3. The van der Waals surface area contributed by atoms with E-state index in [1.807, 2.05) is 13.8 Å². The Hall–Kier alpha value is -3.48. The van der Waals surface area contributed by atoms with Crippen LogP contribution in [-0.4, -0.2) is 43.3 Å². The number of ketones is 1. The van der Waals surface area contributed by atoms with Crippen LogP contribution in [0.25, 0.3) is 0 Å². The van der Waals surface area contributed by atoms with Crippen LogP contribution in [0.15, 0.2) is 48.5 Å². The molecule has 0 saturated carbocycles. The van der Waals surface area contributed by atoms with E-state index < -0.39 is 18.6 Å². The maximum Gasteiger partial charge on any atom is 0.329 e. The van der Waals surface area contributed by atoms with Gasteiger partial charge in [0.05, 0.1) is 6.42 Å². The number of nitrogens with zero attached hydrogens (tertiary/aromatic N) is 1. The van der Waals surface area contributed by atoms with Crippen LogP contribution in [-0.2, 0) is 20.7 Å². The molecule has 3 rings (SSSR count). The molecule has 1 aliphatic heterocycles. The normalized spacial score (nSPS) is 14.5. The van der Waals surface area contributed by atoms with Crippen LogP contribution in [0.5, 0.6) is 0 Å². The minimum atomic E-state index is -0.864. The summed E-state index contributed by atoms with van der Waals surface area (Å²) in [6.45, 7) is 3.32. The van der Waals surface area contributed by atoms with E-state index in [0.29, 0.717) is 17.5 Å². The molecule has 31 heavy (non-hydrogen) atoms. The molecule has 1 heterocycles. The number of anilines is 1. The Morgan fingerprint density at radius 1 is 1.10 bits per heavy atom. The number of esters is 1. The maximum absolute atomic E-state index is 12.7. The zero-order chi connectivity index (χ0) is 22.5. The molecule has 0 radical (unpaired) electrons. The van der Waals surface area contributed by atoms with E-state index in [0.717, 1.165) is 11.3 Å². The average molecular weight is 422 g/mol. The summed E-state index contributed by atoms with van der Waals surface area (Å²) >= 11 is 0. The molecule has 0 spiro atoms. The molecule has 0 unspecified atom stereocenters. The van der Waals surface area contributed by atoms with E-state index >= 15 is 0 Å². The number of hydrogen-bond donors (Lipinski definition) is 1. The number of nitrogens with one attached hydrogen (secondary N) is 1. The fourth-order valence-corrected chi connectivity index (χ4v) is 3.44. The van der Waals surface area contributed by atoms with Crippen molar-refractivity contribution in [3.63, 3.8) is 0 Å². The minimum absolute atomic E-state index is 0.0309. The summed E-state index contributed by atoms with van der Waals surface area (Å²) in [5.74, 6) is -1.59. The summed E-state index contributed by atoms with van der Waals surface area (Å²) in [6.07, 6.45) is 0.892. The predicted molar refractivity (Wildman–Crippen MR) is 116 cm³/mol. The highest BCUT2D eigenvalue weighted by atomic mass is 16.5. The second-order valence-electron chi connectivity index (χ2n) is 7.71. The molecular formula is C24H26N2O5. The molecule has 7 heteroatoms. The minimum Gasteiger partial charge on any atom is -0.456 e. The molecule has 0 aromatic heterocycles. The molecule has 0 fully saturated rings. The lowest BCUT2D eigenvalue weighted by Gasteiger charge is -2.22. The Labute approximate surface area is 181 Å². The van der Waals surface area contributed by atoms with Crippen LogP contribution in [0.3, 0.4) is 0 Å². The third kappa shape index (κ3) is 4.99. The summed E-state index contributed by atoms with van der Waals surface area (Å²) in [7, 11) is 1.69. The number of carbonyl (C=O) groups excluding carboxylic acids is 4. The van der Waals surface area contributed by atoms with Gasteiger partial charge in [0, 0.05) is 23.9 Å². The molecule has 162 valence electrons. The van der Waals surface area contributed by atoms with Gasteiger partial charge in [0.15, 0.2) is 12.4 Å². The van der Waals surface area contributed by atoms with Gasteiger partial charge in [-0.3, -0.25) is 14.4 Å². The van der Waals surface area contributed by atoms with Crippen molar-refractivity contribution in [3.8, 4) is 0 Å². The molecule has 2 aromatic rings. The maximum atomic E-state index is 12.7. The summed E-state index contributed by atoms with van der Waals surface area (Å²) in [4.78, 5) is 51.1. The van der Waals surface area contributed by atoms with Crippen molar-refractivity contribution in [1.82, 2.24) is 5.32 Å². The van der Waals surface area contributed by atoms with E-state index in [9.17, 15) is 19.2 Å². The second-order valence-corrected chi connectivity index (χ2v) is 7.71. The number of likely N-dealkylation sites (N-methyl/N-ethyl adjacent to an activating group) is 1. The number of hydrogen-bond acceptors (Lipinski definition) is 5. The van der Waals surface area contributed by atoms with Gasteiger partial charge in [-0.15, -0.1) is 0 Å². The third-order valence-corrected chi connectivity index (χ3v) is 5.61. The quantitative estimate of drug-likeness (QED) is 0.522. The lowest BCUT2D eigenvalue weighted by atomic mass is 9.98. The first-order valence-corrected chi connectivity index (χ1v) is 10.3. The lowest BCUT2D eigenvalue weighted by molar-refractivity contribution is -0.146. The predicted octanol–water partition coefficient (Wildman–Crippen LogP) is 2.78. The number of fused-ring (bicyclic) bond motifs is 1. The van der Waals surface area contributed by atoms with E-state index in [2.05, 4.69) is 5.32 Å². The standard InChI is InChI=1S/C24H26N2O5/c1-4-15(2)22(25-23(29)16-8-6-5-7-9-16)24(30)31-14-20(27)17-10-11-19-18(12-17)13-21(28)26(19)3/h5-12,15,22H,4,13-14H2,1-3H3,(H,25,29)/t15-,22-/m0/s1. The Kier molecular flexibility index (Phi) is 6.84. The topological polar surface area (TPSA) is 92.8 Å². The van der Waals surface area contributed by atoms with Crippen molar-refractivity contribution in [2.45, 2.75) is 32.7 Å². The first kappa shape index (κ1) is 22.2. The van der Waals surface area contributed by atoms with Gasteiger partial charge in [-0.1, -0.05) is 38.5 Å². The summed E-state index contributed by atoms with van der Waals surface area (Å²) in [5.41, 5.74) is 2.37. The van der Waals surface area contributed by atoms with E-state index in [1.54, 1.807) is 60.5 Å². The van der Waals surface area contributed by atoms with Gasteiger partial charge >= 0.3 is 5.97 Å². The molecule has 2 aromatic carbocycles. The molecule has 0 saturated heterocycles. The second kappa shape index (κ2) is 9.55. The number of Topliss-reactive ketones (excluding diaryl/α,β-unsaturated/α-hetero) is 1. The number of carbonyl (C=O) groups is 4. The summed E-state index contributed by atoms with van der Waals surface area (Å²) < 4.78 is 5.26. The molecule has 1 aliphatic rings. The molecule has 7 nitrogen and oxygen atoms in total. The van der Waals surface area contributed by atoms with Crippen molar-refractivity contribution < 1.29 is 23.9 Å². The zero-order valence-corrected chi connectivity index (χ0v) is 17.9. The average Bonchev–Trinajstić information content (AvgIpc) is 3.08. The Balaban J connectivity index is 1.64. The SMILES string of the molecule is CC[C@H](C)[C@H](NC(=O)c1ccccc1)C(=O)OCC(=O)c1ccc2c(c1)CC(=O)N2C. The number of ether oxygens (including phenoxy) is 1. The number of rotatable bonds is 8. The monoisotopic (exact) mass is 422 g/mol. The summed E-state index contributed by atoms with van der Waals surface area (Å²) in [5, 5.41) is 2.72. The van der Waals surface area contributed by atoms with Crippen molar-refractivity contribution in [1.29, 1.82) is 0 Å². The number of benzene rings is 2. The zero-order valence-electron chi connectivity index (χ0n) is 17.9. The third-order valence-electron chi connectivity index (χ3n) is 5.61. The molecular weight excluding hydrogens is 396 g/mol. The van der Waals surface area contributed by atoms with Crippen LogP contribution in [0.4, 0.5) is 5.69 Å². The van der Waals surface area contributed by atoms with Gasteiger partial charge < -0.3 is 15.0 Å². The Morgan fingerprint density at radius 2 is 1.81 bits per heavy atom. The van der Waals surface area contributed by atoms with Gasteiger partial charge in [0.1, 0.15) is 6.04 Å². The first-order chi connectivity index (χ1) is 14.8. The van der Waals surface area contributed by atoms with Crippen LogP contribution in [0.1, 0.15) is 46.5 Å². The molecule has 2 amide bonds. The Morgan fingerprint density at radius 3 is 2.48 bits per heavy atom. The van der Waals surface area contributed by atoms with Crippen molar-refractivity contribution in [2.24, 2.45) is 5.92 Å². The van der Waals surface area contributed by atoms with E-state index in [-0.39, 0.29) is 29.9 Å². The fraction of sp³-hybridized carbons (Fsp3) is 0.333. The Bertz CT molecular complexity index is 1000. The fourth-order valence-electron chi connectivity index (χ4n) is 3.44. The lowest BCUT2D eigenvalue weighted by Crippen LogP contribution is -2.46. The molecule has 2 atom stereocenters. The van der Waals surface area contributed by atoms with Crippen LogP contribution in [0, 0.1) is 5.92 Å². The number of amides is 2. The molecule has 0 bridgehead atoms. The highest BCUT2D eigenvalue weighted by Crippen LogP contribution is 2.28. The van der Waals surface area contributed by atoms with E-state index in [4.69, 9.17) is 4.74 Å². The van der Waals surface area contributed by atoms with Gasteiger partial charge in [-0.25, -0.2) is 4.79 Å². The smallest absolute Gasteiger partial charge is 0.329 e. The summed E-state index contributed by atoms with van der Waals surface area (Å²) in [6, 6.07) is 12.7. The van der Waals surface area contributed by atoms with E-state index in [1.165, 1.54) is 0 Å². The largest absolute Gasteiger partial charge is 0.456 e. The van der Waals surface area contributed by atoms with Gasteiger partial charge in [-0.05, 0) is 41.8 Å². The molecule has 1 N–H and O–H groups in total. The van der Waals surface area contributed by atoms with Crippen molar-refractivity contribution >= 4 is 29.3 Å². The van der Waals surface area contributed by atoms with Gasteiger partial charge in [0.25, 0.3) is 5.91 Å². The van der Waals surface area contributed by atoms with Gasteiger partial charge in [0.2, 0.25) is 5.91 Å². The highest BCUT2D eigenvalue weighted by molar-refractivity contribution is 6.04. The van der Waals surface area contributed by atoms with Gasteiger partial charge in [-0.2, -0.15) is 0 Å². The van der Waals surface area contributed by atoms with Crippen molar-refractivity contribution in [3.05, 3.63) is 65.2 Å². The van der Waals surface area contributed by atoms with Crippen molar-refractivity contribution in [2.75, 3.05) is 18.6 Å². The van der Waals surface area contributed by atoms with Crippen LogP contribution in [0.2, 0.25) is 0 Å². The highest BCUT2D eigenvalue weighted by Gasteiger charge is 2.29. The van der Waals surface area contributed by atoms with Crippen LogP contribution < -0.4 is 10.2 Å².